The highest BCUT2D eigenvalue weighted by Gasteiger charge is 2.60. The number of rotatable bonds is 7. The molecule has 0 heterocycles. The molecule has 0 aromatic heterocycles. The van der Waals surface area contributed by atoms with E-state index < -0.39 is 0 Å². The summed E-state index contributed by atoms with van der Waals surface area (Å²) in [6, 6.07) is 5.69. The summed E-state index contributed by atoms with van der Waals surface area (Å²) in [6.45, 7) is 16.7. The van der Waals surface area contributed by atoms with E-state index in [2.05, 4.69) is 34.6 Å². The summed E-state index contributed by atoms with van der Waals surface area (Å²) in [5.74, 6) is 7.17. The van der Waals surface area contributed by atoms with Crippen LogP contribution >= 0.6 is 0 Å². The maximum atomic E-state index is 6.46. The van der Waals surface area contributed by atoms with Crippen molar-refractivity contribution < 1.29 is 4.74 Å². The van der Waals surface area contributed by atoms with E-state index in [-0.39, 0.29) is 0 Å². The first kappa shape index (κ1) is 29.6. The van der Waals surface area contributed by atoms with Crippen molar-refractivity contribution in [3.8, 4) is 5.75 Å². The highest BCUT2D eigenvalue weighted by atomic mass is 16.5. The van der Waals surface area contributed by atoms with E-state index in [9.17, 15) is 0 Å². The van der Waals surface area contributed by atoms with Crippen molar-refractivity contribution in [3.63, 3.8) is 0 Å². The summed E-state index contributed by atoms with van der Waals surface area (Å²) in [7, 11) is 0. The van der Waals surface area contributed by atoms with Gasteiger partial charge in [-0.3, -0.25) is 0 Å². The number of anilines is 2. The van der Waals surface area contributed by atoms with Gasteiger partial charge >= 0.3 is 0 Å². The van der Waals surface area contributed by atoms with Crippen molar-refractivity contribution in [3.05, 3.63) is 18.2 Å². The normalized spacial score (nSPS) is 38.8. The van der Waals surface area contributed by atoms with Crippen LogP contribution in [0, 0.1) is 52.3 Å². The van der Waals surface area contributed by atoms with Gasteiger partial charge in [0, 0.05) is 5.69 Å². The fourth-order valence-corrected chi connectivity index (χ4v) is 10.2. The van der Waals surface area contributed by atoms with Crippen LogP contribution in [0.25, 0.3) is 0 Å². The van der Waals surface area contributed by atoms with Gasteiger partial charge < -0.3 is 16.2 Å². The number of nitrogen functional groups attached to an aromatic ring is 2. The Bertz CT molecular complexity index is 913. The number of ether oxygens (including phenoxy) is 1. The third-order valence-corrected chi connectivity index (χ3v) is 12.1. The van der Waals surface area contributed by atoms with Gasteiger partial charge in [0.05, 0.1) is 11.8 Å². The van der Waals surface area contributed by atoms with E-state index in [0.717, 1.165) is 53.6 Å². The molecule has 1 aromatic carbocycles. The van der Waals surface area contributed by atoms with Gasteiger partial charge in [0.1, 0.15) is 5.75 Å². The molecule has 9 unspecified atom stereocenters. The third kappa shape index (κ3) is 5.60. The van der Waals surface area contributed by atoms with Crippen molar-refractivity contribution in [2.75, 3.05) is 11.5 Å². The molecule has 1 aromatic rings. The Hall–Kier alpha value is -1.38. The van der Waals surface area contributed by atoms with E-state index >= 15 is 0 Å². The summed E-state index contributed by atoms with van der Waals surface area (Å²) in [5, 5.41) is 0. The van der Waals surface area contributed by atoms with E-state index in [4.69, 9.17) is 16.2 Å². The second-order valence-corrected chi connectivity index (χ2v) is 14.5. The molecule has 0 bridgehead atoms. The lowest BCUT2D eigenvalue weighted by atomic mass is 9.44. The molecule has 4 saturated carbocycles. The number of nitrogens with two attached hydrogens (primary N) is 2. The Morgan fingerprint density at radius 2 is 1.58 bits per heavy atom. The van der Waals surface area contributed by atoms with Gasteiger partial charge in [-0.25, -0.2) is 0 Å². The van der Waals surface area contributed by atoms with E-state index in [1.807, 2.05) is 32.0 Å². The highest BCUT2D eigenvalue weighted by molar-refractivity contribution is 5.60. The largest absolute Gasteiger partial charge is 0.488 e. The Balaban J connectivity index is 0.00000164. The van der Waals surface area contributed by atoms with Crippen molar-refractivity contribution in [2.24, 2.45) is 52.3 Å². The second kappa shape index (κ2) is 12.0. The predicted octanol–water partition coefficient (Wildman–Crippen LogP) is 9.75. The quantitative estimate of drug-likeness (QED) is 0.349. The van der Waals surface area contributed by atoms with Gasteiger partial charge in [0.15, 0.2) is 0 Å². The molecule has 0 amide bonds. The monoisotopic (exact) mass is 524 g/mol. The molecular formula is C35H60N2O. The van der Waals surface area contributed by atoms with Gasteiger partial charge in [0.2, 0.25) is 0 Å². The van der Waals surface area contributed by atoms with E-state index in [1.165, 1.54) is 70.6 Å². The highest BCUT2D eigenvalue weighted by Crippen LogP contribution is 2.68. The standard InChI is InChI=1S/C33H54N2O.C2H6/c1-21(2)7-6-8-22(3)27-12-13-28-26-11-9-23-19-25(36-31-14-10-24(34)20-30(31)35)15-17-32(23,4)29(26)16-18-33(27,28)5;1-2/h10,14,20-23,25-29H,6-9,11-13,15-19,34-35H2,1-5H3;1-2H3. The van der Waals surface area contributed by atoms with Crippen LogP contribution in [0.15, 0.2) is 18.2 Å². The smallest absolute Gasteiger partial charge is 0.142 e. The summed E-state index contributed by atoms with van der Waals surface area (Å²) < 4.78 is 6.46. The molecule has 9 atom stereocenters. The first-order valence-corrected chi connectivity index (χ1v) is 16.4. The van der Waals surface area contributed by atoms with Gasteiger partial charge in [-0.15, -0.1) is 0 Å². The Morgan fingerprint density at radius 1 is 0.868 bits per heavy atom. The fraction of sp³-hybridized carbons (Fsp3) is 0.829. The first-order chi connectivity index (χ1) is 18.1. The van der Waals surface area contributed by atoms with E-state index in [0.29, 0.717) is 28.3 Å². The molecule has 5 rings (SSSR count). The topological polar surface area (TPSA) is 61.3 Å². The number of benzene rings is 1. The molecule has 0 saturated heterocycles. The van der Waals surface area contributed by atoms with Crippen molar-refractivity contribution in [2.45, 2.75) is 132 Å². The average Bonchev–Trinajstić information content (AvgIpc) is 3.24. The van der Waals surface area contributed by atoms with Crippen LogP contribution in [0.5, 0.6) is 5.75 Å². The molecule has 0 aliphatic heterocycles. The third-order valence-electron chi connectivity index (χ3n) is 12.1. The zero-order valence-electron chi connectivity index (χ0n) is 25.9. The molecule has 4 aliphatic rings. The predicted molar refractivity (Wildman–Crippen MR) is 164 cm³/mol. The lowest BCUT2D eigenvalue weighted by Crippen LogP contribution is -2.54. The number of fused-ring (bicyclic) bond motifs is 5. The van der Waals surface area contributed by atoms with Gasteiger partial charge in [-0.05, 0) is 128 Å². The van der Waals surface area contributed by atoms with E-state index in [1.54, 1.807) is 0 Å². The van der Waals surface area contributed by atoms with Crippen LogP contribution in [0.1, 0.15) is 126 Å². The minimum atomic E-state index is 0.293. The van der Waals surface area contributed by atoms with Gasteiger partial charge in [-0.1, -0.05) is 67.7 Å². The molecule has 3 nitrogen and oxygen atoms in total. The van der Waals surface area contributed by atoms with Gasteiger partial charge in [0.25, 0.3) is 0 Å². The molecular weight excluding hydrogens is 464 g/mol. The molecule has 3 heteroatoms. The van der Waals surface area contributed by atoms with Crippen molar-refractivity contribution in [1.29, 1.82) is 0 Å². The molecule has 4 fully saturated rings. The first-order valence-electron chi connectivity index (χ1n) is 16.4. The Kier molecular flexibility index (Phi) is 9.36. The summed E-state index contributed by atoms with van der Waals surface area (Å²) in [4.78, 5) is 0. The summed E-state index contributed by atoms with van der Waals surface area (Å²) in [5.41, 5.74) is 14.6. The number of hydrogen-bond acceptors (Lipinski definition) is 3. The zero-order chi connectivity index (χ0) is 27.7. The lowest BCUT2D eigenvalue weighted by Gasteiger charge is -2.61. The van der Waals surface area contributed by atoms with Crippen molar-refractivity contribution >= 4 is 11.4 Å². The summed E-state index contributed by atoms with van der Waals surface area (Å²) in [6.07, 6.45) is 17.0. The maximum absolute atomic E-state index is 6.46. The zero-order valence-corrected chi connectivity index (χ0v) is 25.9. The van der Waals surface area contributed by atoms with Crippen LogP contribution in [-0.4, -0.2) is 6.10 Å². The summed E-state index contributed by atoms with van der Waals surface area (Å²) >= 11 is 0. The molecule has 4 N–H and O–H groups in total. The molecule has 38 heavy (non-hydrogen) atoms. The minimum absolute atomic E-state index is 0.293. The fourth-order valence-electron chi connectivity index (χ4n) is 10.2. The van der Waals surface area contributed by atoms with Crippen LogP contribution in [-0.2, 0) is 0 Å². The van der Waals surface area contributed by atoms with Crippen molar-refractivity contribution in [1.82, 2.24) is 0 Å². The van der Waals surface area contributed by atoms with Crippen LogP contribution in [0.2, 0.25) is 0 Å². The maximum Gasteiger partial charge on any atom is 0.142 e. The van der Waals surface area contributed by atoms with Crippen LogP contribution in [0.4, 0.5) is 11.4 Å². The Morgan fingerprint density at radius 3 is 2.29 bits per heavy atom. The molecule has 0 radical (unpaired) electrons. The van der Waals surface area contributed by atoms with Gasteiger partial charge in [-0.2, -0.15) is 0 Å². The lowest BCUT2D eigenvalue weighted by molar-refractivity contribution is -0.126. The molecule has 0 spiro atoms. The van der Waals surface area contributed by atoms with Crippen LogP contribution < -0.4 is 16.2 Å². The SMILES string of the molecule is CC.CC(C)CCCC(C)C1CCC2C3CCC4CC(Oc5ccc(N)cc5N)CCC4(C)C3CCC12C. The minimum Gasteiger partial charge on any atom is -0.488 e. The Labute approximate surface area is 235 Å². The number of hydrogen-bond donors (Lipinski definition) is 2. The molecule has 4 aliphatic carbocycles. The van der Waals surface area contributed by atoms with Crippen LogP contribution in [0.3, 0.4) is 0 Å². The molecule has 216 valence electrons. The average molecular weight is 525 g/mol. The second-order valence-electron chi connectivity index (χ2n) is 14.5.